The number of nitrogen functional groups attached to an aromatic ring is 1. The van der Waals surface area contributed by atoms with Crippen LogP contribution < -0.4 is 11.1 Å². The van der Waals surface area contributed by atoms with Crippen LogP contribution in [0, 0.1) is 12.8 Å². The van der Waals surface area contributed by atoms with E-state index in [1.165, 1.54) is 12.8 Å². The van der Waals surface area contributed by atoms with Crippen LogP contribution in [0.2, 0.25) is 0 Å². The highest BCUT2D eigenvalue weighted by Crippen LogP contribution is 2.20. The van der Waals surface area contributed by atoms with E-state index in [1.54, 1.807) is 0 Å². The molecule has 3 N–H and O–H groups in total. The molecule has 2 rings (SSSR count). The molecule has 0 bridgehead atoms. The highest BCUT2D eigenvalue weighted by atomic mass is 16.2. The molecule has 0 aromatic heterocycles. The van der Waals surface area contributed by atoms with E-state index >= 15 is 0 Å². The van der Waals surface area contributed by atoms with Crippen LogP contribution in [0.5, 0.6) is 0 Å². The second kappa shape index (κ2) is 6.27. The Kier molecular flexibility index (Phi) is 4.65. The Balaban J connectivity index is 1.95. The topological polar surface area (TPSA) is 58.4 Å². The van der Waals surface area contributed by atoms with Crippen molar-refractivity contribution in [3.05, 3.63) is 23.8 Å². The Morgan fingerprint density at radius 3 is 2.65 bits per heavy atom. The van der Waals surface area contributed by atoms with Gasteiger partial charge in [0.15, 0.2) is 0 Å². The first kappa shape index (κ1) is 14.9. The van der Waals surface area contributed by atoms with E-state index in [0.29, 0.717) is 5.69 Å². The zero-order valence-electron chi connectivity index (χ0n) is 12.6. The number of nitrogens with one attached hydrogen (secondary N) is 1. The summed E-state index contributed by atoms with van der Waals surface area (Å²) in [4.78, 5) is 14.6. The lowest BCUT2D eigenvalue weighted by molar-refractivity contribution is -0.121. The van der Waals surface area contributed by atoms with Gasteiger partial charge in [-0.05, 0) is 63.4 Å². The maximum Gasteiger partial charge on any atom is 0.241 e. The predicted molar refractivity (Wildman–Crippen MR) is 83.7 cm³/mol. The van der Waals surface area contributed by atoms with Gasteiger partial charge in [0.1, 0.15) is 0 Å². The summed E-state index contributed by atoms with van der Waals surface area (Å²) in [5, 5.41) is 2.96. The second-order valence-corrected chi connectivity index (χ2v) is 5.96. The maximum atomic E-state index is 12.3. The molecule has 0 saturated carbocycles. The molecule has 1 aromatic rings. The van der Waals surface area contributed by atoms with Gasteiger partial charge in [-0.1, -0.05) is 13.0 Å². The zero-order valence-corrected chi connectivity index (χ0v) is 12.6. The summed E-state index contributed by atoms with van der Waals surface area (Å²) in [5.41, 5.74) is 8.38. The first-order valence-electron chi connectivity index (χ1n) is 7.38. The summed E-state index contributed by atoms with van der Waals surface area (Å²) in [5.74, 6) is 0.821. The third-order valence-corrected chi connectivity index (χ3v) is 4.29. The molecule has 1 unspecified atom stereocenters. The number of carbonyl (C=O) groups excluding carboxylic acids is 1. The third-order valence-electron chi connectivity index (χ3n) is 4.29. The Morgan fingerprint density at radius 1 is 1.40 bits per heavy atom. The molecule has 1 heterocycles. The van der Waals surface area contributed by atoms with Crippen molar-refractivity contribution in [1.29, 1.82) is 0 Å². The van der Waals surface area contributed by atoms with Crippen molar-refractivity contribution < 1.29 is 4.79 Å². The SMILES string of the molecule is Cc1ccc(NC(=O)C(C)N2CCC(C)CC2)cc1N. The third kappa shape index (κ3) is 3.51. The highest BCUT2D eigenvalue weighted by Gasteiger charge is 2.25. The number of piperidine rings is 1. The number of anilines is 2. The number of nitrogens with zero attached hydrogens (tertiary/aromatic N) is 1. The van der Waals surface area contributed by atoms with Crippen LogP contribution in [0.15, 0.2) is 18.2 Å². The first-order chi connectivity index (χ1) is 9.47. The highest BCUT2D eigenvalue weighted by molar-refractivity contribution is 5.95. The summed E-state index contributed by atoms with van der Waals surface area (Å²) < 4.78 is 0. The monoisotopic (exact) mass is 275 g/mol. The fourth-order valence-corrected chi connectivity index (χ4v) is 2.55. The fourth-order valence-electron chi connectivity index (χ4n) is 2.55. The molecule has 1 amide bonds. The van der Waals surface area contributed by atoms with E-state index in [4.69, 9.17) is 5.73 Å². The molecule has 1 atom stereocenters. The summed E-state index contributed by atoms with van der Waals surface area (Å²) in [7, 11) is 0. The van der Waals surface area contributed by atoms with Crippen LogP contribution in [-0.4, -0.2) is 29.9 Å². The molecular weight excluding hydrogens is 250 g/mol. The lowest BCUT2D eigenvalue weighted by Gasteiger charge is -2.34. The number of likely N-dealkylation sites (tertiary alicyclic amines) is 1. The molecule has 0 spiro atoms. The molecule has 0 radical (unpaired) electrons. The molecule has 1 fully saturated rings. The van der Waals surface area contributed by atoms with E-state index in [-0.39, 0.29) is 11.9 Å². The van der Waals surface area contributed by atoms with Crippen molar-refractivity contribution in [3.8, 4) is 0 Å². The predicted octanol–water partition coefficient (Wildman–Crippen LogP) is 2.64. The van der Waals surface area contributed by atoms with E-state index in [1.807, 2.05) is 32.0 Å². The minimum absolute atomic E-state index is 0.0443. The largest absolute Gasteiger partial charge is 0.398 e. The minimum Gasteiger partial charge on any atom is -0.398 e. The van der Waals surface area contributed by atoms with Crippen LogP contribution in [0.25, 0.3) is 0 Å². The van der Waals surface area contributed by atoms with Gasteiger partial charge in [-0.25, -0.2) is 0 Å². The zero-order chi connectivity index (χ0) is 14.7. The Morgan fingerprint density at radius 2 is 2.05 bits per heavy atom. The average Bonchev–Trinajstić information content (AvgIpc) is 2.43. The summed E-state index contributed by atoms with van der Waals surface area (Å²) in [6.07, 6.45) is 2.35. The average molecular weight is 275 g/mol. The van der Waals surface area contributed by atoms with Crippen molar-refractivity contribution in [3.63, 3.8) is 0 Å². The van der Waals surface area contributed by atoms with E-state index < -0.39 is 0 Å². The Labute approximate surface area is 121 Å². The molecule has 0 aliphatic carbocycles. The standard InChI is InChI=1S/C16H25N3O/c1-11-6-8-19(9-7-11)13(3)16(20)18-14-5-4-12(2)15(17)10-14/h4-5,10-11,13H,6-9,17H2,1-3H3,(H,18,20). The first-order valence-corrected chi connectivity index (χ1v) is 7.38. The number of benzene rings is 1. The lowest BCUT2D eigenvalue weighted by Crippen LogP contribution is -2.45. The minimum atomic E-state index is -0.0926. The smallest absolute Gasteiger partial charge is 0.241 e. The molecule has 20 heavy (non-hydrogen) atoms. The summed E-state index contributed by atoms with van der Waals surface area (Å²) >= 11 is 0. The number of carbonyl (C=O) groups is 1. The number of hydrogen-bond donors (Lipinski definition) is 2. The normalized spacial score (nSPS) is 18.8. The van der Waals surface area contributed by atoms with Gasteiger partial charge in [-0.15, -0.1) is 0 Å². The summed E-state index contributed by atoms with van der Waals surface area (Å²) in [6.45, 7) is 8.22. The molecule has 1 saturated heterocycles. The number of aryl methyl sites for hydroxylation is 1. The Hall–Kier alpha value is -1.55. The van der Waals surface area contributed by atoms with E-state index in [0.717, 1.165) is 30.3 Å². The van der Waals surface area contributed by atoms with Gasteiger partial charge in [-0.3, -0.25) is 9.69 Å². The molecular formula is C16H25N3O. The van der Waals surface area contributed by atoms with Crippen molar-refractivity contribution in [2.45, 2.75) is 39.7 Å². The van der Waals surface area contributed by atoms with Gasteiger partial charge in [0.05, 0.1) is 6.04 Å². The van der Waals surface area contributed by atoms with Crippen molar-refractivity contribution in [2.75, 3.05) is 24.1 Å². The number of amides is 1. The molecule has 1 aromatic carbocycles. The second-order valence-electron chi connectivity index (χ2n) is 5.96. The van der Waals surface area contributed by atoms with Crippen LogP contribution in [-0.2, 0) is 4.79 Å². The van der Waals surface area contributed by atoms with Gasteiger partial charge in [0.25, 0.3) is 0 Å². The van der Waals surface area contributed by atoms with Crippen LogP contribution in [0.1, 0.15) is 32.3 Å². The number of hydrogen-bond acceptors (Lipinski definition) is 3. The van der Waals surface area contributed by atoms with Gasteiger partial charge < -0.3 is 11.1 Å². The van der Waals surface area contributed by atoms with Crippen molar-refractivity contribution >= 4 is 17.3 Å². The van der Waals surface area contributed by atoms with Crippen LogP contribution >= 0.6 is 0 Å². The molecule has 110 valence electrons. The van der Waals surface area contributed by atoms with Crippen LogP contribution in [0.4, 0.5) is 11.4 Å². The number of nitrogens with two attached hydrogens (primary N) is 1. The van der Waals surface area contributed by atoms with E-state index in [9.17, 15) is 4.79 Å². The quantitative estimate of drug-likeness (QED) is 0.834. The van der Waals surface area contributed by atoms with Gasteiger partial charge in [0, 0.05) is 11.4 Å². The Bertz CT molecular complexity index is 479. The van der Waals surface area contributed by atoms with Gasteiger partial charge >= 0.3 is 0 Å². The lowest BCUT2D eigenvalue weighted by atomic mass is 9.98. The molecule has 1 aliphatic heterocycles. The molecule has 4 nitrogen and oxygen atoms in total. The number of rotatable bonds is 3. The van der Waals surface area contributed by atoms with E-state index in [2.05, 4.69) is 17.1 Å². The maximum absolute atomic E-state index is 12.3. The fraction of sp³-hybridized carbons (Fsp3) is 0.562. The molecule has 1 aliphatic rings. The summed E-state index contributed by atoms with van der Waals surface area (Å²) in [6, 6.07) is 5.55. The van der Waals surface area contributed by atoms with Gasteiger partial charge in [0.2, 0.25) is 5.91 Å². The van der Waals surface area contributed by atoms with Crippen LogP contribution in [0.3, 0.4) is 0 Å². The van der Waals surface area contributed by atoms with Crippen molar-refractivity contribution in [1.82, 2.24) is 4.90 Å². The van der Waals surface area contributed by atoms with Crippen molar-refractivity contribution in [2.24, 2.45) is 5.92 Å². The van der Waals surface area contributed by atoms with Gasteiger partial charge in [-0.2, -0.15) is 0 Å². The molecule has 4 heteroatoms.